The summed E-state index contributed by atoms with van der Waals surface area (Å²) in [4.78, 5) is 11.3. The first-order valence-corrected chi connectivity index (χ1v) is 6.93. The van der Waals surface area contributed by atoms with Gasteiger partial charge in [0.25, 0.3) is 0 Å². The first-order valence-electron chi connectivity index (χ1n) is 6.93. The molecule has 0 spiro atoms. The summed E-state index contributed by atoms with van der Waals surface area (Å²) in [5.41, 5.74) is 0.909. The number of anilines is 1. The topological polar surface area (TPSA) is 54.2 Å². The van der Waals surface area contributed by atoms with Gasteiger partial charge in [-0.15, -0.1) is 0 Å². The van der Waals surface area contributed by atoms with Crippen LogP contribution in [0, 0.1) is 0 Å². The van der Waals surface area contributed by atoms with E-state index >= 15 is 0 Å². The van der Waals surface area contributed by atoms with Gasteiger partial charge < -0.3 is 14.6 Å². The van der Waals surface area contributed by atoms with E-state index in [9.17, 15) is 0 Å². The van der Waals surface area contributed by atoms with Gasteiger partial charge in [0, 0.05) is 18.5 Å². The smallest absolute Gasteiger partial charge is 0.198 e. The lowest BCUT2D eigenvalue weighted by atomic mass is 10.2. The van der Waals surface area contributed by atoms with Crippen molar-refractivity contribution in [3.05, 3.63) is 42.7 Å². The third kappa shape index (κ3) is 3.03. The van der Waals surface area contributed by atoms with Crippen LogP contribution in [0.5, 0.6) is 0 Å². The number of hydrogen-bond donors (Lipinski definition) is 1. The normalized spacial score (nSPS) is 11.2. The molecule has 5 nitrogen and oxygen atoms in total. The first kappa shape index (κ1) is 13.6. The van der Waals surface area contributed by atoms with Crippen LogP contribution in [0.25, 0.3) is 22.5 Å². The number of nitrogens with zero attached hydrogens (tertiary/aromatic N) is 3. The summed E-state index contributed by atoms with van der Waals surface area (Å²) in [6.45, 7) is 1.76. The number of para-hydroxylation sites is 1. The fraction of sp³-hybridized carbons (Fsp3) is 0.250. The van der Waals surface area contributed by atoms with Crippen molar-refractivity contribution >= 4 is 16.7 Å². The van der Waals surface area contributed by atoms with Crippen molar-refractivity contribution in [1.82, 2.24) is 14.9 Å². The van der Waals surface area contributed by atoms with Crippen LogP contribution in [0.4, 0.5) is 5.82 Å². The van der Waals surface area contributed by atoms with E-state index in [4.69, 9.17) is 4.42 Å². The molecule has 0 aliphatic carbocycles. The van der Waals surface area contributed by atoms with Crippen molar-refractivity contribution in [3.63, 3.8) is 0 Å². The maximum absolute atomic E-state index is 5.41. The molecule has 0 aliphatic rings. The predicted molar refractivity (Wildman–Crippen MR) is 84.3 cm³/mol. The maximum Gasteiger partial charge on any atom is 0.198 e. The van der Waals surface area contributed by atoms with Crippen LogP contribution < -0.4 is 5.32 Å². The highest BCUT2D eigenvalue weighted by Crippen LogP contribution is 2.24. The monoisotopic (exact) mass is 282 g/mol. The summed E-state index contributed by atoms with van der Waals surface area (Å²) in [5, 5.41) is 4.41. The van der Waals surface area contributed by atoms with Crippen LogP contribution in [-0.4, -0.2) is 42.1 Å². The fourth-order valence-electron chi connectivity index (χ4n) is 2.13. The summed E-state index contributed by atoms with van der Waals surface area (Å²) < 4.78 is 5.41. The molecule has 0 saturated carbocycles. The summed E-state index contributed by atoms with van der Waals surface area (Å²) >= 11 is 0. The third-order valence-corrected chi connectivity index (χ3v) is 3.20. The Morgan fingerprint density at radius 1 is 1.10 bits per heavy atom. The van der Waals surface area contributed by atoms with Gasteiger partial charge in [-0.05, 0) is 38.4 Å². The number of rotatable bonds is 5. The van der Waals surface area contributed by atoms with Gasteiger partial charge in [-0.3, -0.25) is 0 Å². The van der Waals surface area contributed by atoms with Gasteiger partial charge >= 0.3 is 0 Å². The van der Waals surface area contributed by atoms with Gasteiger partial charge in [0.1, 0.15) is 5.82 Å². The molecule has 0 bridgehead atoms. The van der Waals surface area contributed by atoms with E-state index in [1.165, 1.54) is 0 Å². The van der Waals surface area contributed by atoms with Gasteiger partial charge in [-0.25, -0.2) is 9.97 Å². The standard InChI is InChI=1S/C16H18N4O/c1-20(2)10-9-17-15-12-6-3-4-7-13(12)18-16(19-15)14-8-5-11-21-14/h3-8,11H,9-10H2,1-2H3,(H,17,18,19). The second-order valence-electron chi connectivity index (χ2n) is 5.12. The minimum Gasteiger partial charge on any atom is -0.461 e. The molecule has 0 atom stereocenters. The molecule has 3 aromatic rings. The zero-order chi connectivity index (χ0) is 14.7. The van der Waals surface area contributed by atoms with E-state index in [0.29, 0.717) is 11.6 Å². The molecule has 1 N–H and O–H groups in total. The Kier molecular flexibility index (Phi) is 3.83. The summed E-state index contributed by atoms with van der Waals surface area (Å²) in [7, 11) is 4.10. The zero-order valence-electron chi connectivity index (χ0n) is 12.2. The van der Waals surface area contributed by atoms with Gasteiger partial charge in [-0.1, -0.05) is 12.1 Å². The van der Waals surface area contributed by atoms with Crippen LogP contribution in [-0.2, 0) is 0 Å². The number of aromatic nitrogens is 2. The summed E-state index contributed by atoms with van der Waals surface area (Å²) in [5.74, 6) is 2.12. The fourth-order valence-corrected chi connectivity index (χ4v) is 2.13. The molecule has 2 heterocycles. The summed E-state index contributed by atoms with van der Waals surface area (Å²) in [6.07, 6.45) is 1.63. The number of furan rings is 1. The SMILES string of the molecule is CN(C)CCNc1nc(-c2ccco2)nc2ccccc12. The molecule has 0 fully saturated rings. The molecule has 21 heavy (non-hydrogen) atoms. The molecule has 108 valence electrons. The lowest BCUT2D eigenvalue weighted by Gasteiger charge is -2.13. The number of nitrogens with one attached hydrogen (secondary N) is 1. The minimum absolute atomic E-state index is 0.603. The lowest BCUT2D eigenvalue weighted by molar-refractivity contribution is 0.425. The highest BCUT2D eigenvalue weighted by Gasteiger charge is 2.10. The molecule has 5 heteroatoms. The van der Waals surface area contributed by atoms with Crippen LogP contribution in [0.15, 0.2) is 47.1 Å². The number of likely N-dealkylation sites (N-methyl/N-ethyl adjacent to an activating group) is 1. The molecule has 0 amide bonds. The molecule has 0 saturated heterocycles. The Balaban J connectivity index is 1.99. The van der Waals surface area contributed by atoms with Crippen molar-refractivity contribution in [2.45, 2.75) is 0 Å². The van der Waals surface area contributed by atoms with Crippen molar-refractivity contribution < 1.29 is 4.42 Å². The first-order chi connectivity index (χ1) is 10.2. The zero-order valence-corrected chi connectivity index (χ0v) is 12.2. The van der Waals surface area contributed by atoms with E-state index in [0.717, 1.165) is 29.8 Å². The molecule has 1 aromatic carbocycles. The van der Waals surface area contributed by atoms with E-state index < -0.39 is 0 Å². The molecule has 0 radical (unpaired) electrons. The number of hydrogen-bond acceptors (Lipinski definition) is 5. The molecule has 3 rings (SSSR count). The average Bonchev–Trinajstić information content (AvgIpc) is 3.01. The van der Waals surface area contributed by atoms with Gasteiger partial charge in [0.2, 0.25) is 0 Å². The van der Waals surface area contributed by atoms with Crippen molar-refractivity contribution in [3.8, 4) is 11.6 Å². The summed E-state index contributed by atoms with van der Waals surface area (Å²) in [6, 6.07) is 11.7. The third-order valence-electron chi connectivity index (χ3n) is 3.20. The van der Waals surface area contributed by atoms with Crippen LogP contribution >= 0.6 is 0 Å². The second kappa shape index (κ2) is 5.93. The highest BCUT2D eigenvalue weighted by atomic mass is 16.3. The van der Waals surface area contributed by atoms with Gasteiger partial charge in [-0.2, -0.15) is 0 Å². The molecular formula is C16H18N4O. The largest absolute Gasteiger partial charge is 0.461 e. The minimum atomic E-state index is 0.603. The van der Waals surface area contributed by atoms with E-state index in [2.05, 4.69) is 20.2 Å². The number of fused-ring (bicyclic) bond motifs is 1. The number of benzene rings is 1. The van der Waals surface area contributed by atoms with Crippen LogP contribution in [0.2, 0.25) is 0 Å². The van der Waals surface area contributed by atoms with E-state index in [1.54, 1.807) is 6.26 Å². The average molecular weight is 282 g/mol. The van der Waals surface area contributed by atoms with Crippen LogP contribution in [0.1, 0.15) is 0 Å². The van der Waals surface area contributed by atoms with Crippen molar-refractivity contribution in [1.29, 1.82) is 0 Å². The highest BCUT2D eigenvalue weighted by molar-refractivity contribution is 5.90. The Bertz CT molecular complexity index is 722. The molecule has 2 aromatic heterocycles. The van der Waals surface area contributed by atoms with Crippen molar-refractivity contribution in [2.75, 3.05) is 32.5 Å². The van der Waals surface area contributed by atoms with E-state index in [1.807, 2.05) is 50.5 Å². The van der Waals surface area contributed by atoms with E-state index in [-0.39, 0.29) is 0 Å². The quantitative estimate of drug-likeness (QED) is 0.780. The lowest BCUT2D eigenvalue weighted by Crippen LogP contribution is -2.21. The van der Waals surface area contributed by atoms with Gasteiger partial charge in [0.05, 0.1) is 11.8 Å². The molecule has 0 aliphatic heterocycles. The van der Waals surface area contributed by atoms with Crippen LogP contribution in [0.3, 0.4) is 0 Å². The molecule has 0 unspecified atom stereocenters. The molecular weight excluding hydrogens is 264 g/mol. The Morgan fingerprint density at radius 2 is 1.95 bits per heavy atom. The maximum atomic E-state index is 5.41. The Labute approximate surface area is 123 Å². The van der Waals surface area contributed by atoms with Crippen molar-refractivity contribution in [2.24, 2.45) is 0 Å². The Morgan fingerprint density at radius 3 is 2.71 bits per heavy atom. The second-order valence-corrected chi connectivity index (χ2v) is 5.12. The van der Waals surface area contributed by atoms with Gasteiger partial charge in [0.15, 0.2) is 11.6 Å². The predicted octanol–water partition coefficient (Wildman–Crippen LogP) is 2.86. The Hall–Kier alpha value is -2.40.